The third kappa shape index (κ3) is 6.67. The predicted octanol–water partition coefficient (Wildman–Crippen LogP) is 6.69. The molecule has 1 amide bonds. The number of nitrogens with one attached hydrogen (secondary N) is 1. The molecule has 2 aromatic carbocycles. The number of thioether (sulfide) groups is 1. The Kier molecular flexibility index (Phi) is 8.45. The van der Waals surface area contributed by atoms with E-state index in [1.165, 1.54) is 34.2 Å². The quantitative estimate of drug-likeness (QED) is 0.181. The predicted molar refractivity (Wildman–Crippen MR) is 152 cm³/mol. The van der Waals surface area contributed by atoms with Crippen LogP contribution in [0, 0.1) is 27.7 Å². The molecule has 1 unspecified atom stereocenters. The summed E-state index contributed by atoms with van der Waals surface area (Å²) in [5, 5.41) is 14.8. The van der Waals surface area contributed by atoms with Crippen LogP contribution in [-0.2, 0) is 11.3 Å². The van der Waals surface area contributed by atoms with Crippen molar-refractivity contribution in [2.75, 3.05) is 11.1 Å². The fourth-order valence-corrected chi connectivity index (χ4v) is 5.41. The molecule has 4 rings (SSSR count). The SMILES string of the molecule is C=CCn1c(SCC(=O)Nc2nc(-c3ccc(C)c(C)c3)cs2)nnc1C(C)Oc1cc(C)cc(C)c1. The van der Waals surface area contributed by atoms with Gasteiger partial charge in [-0.1, -0.05) is 36.0 Å². The molecule has 192 valence electrons. The maximum absolute atomic E-state index is 12.7. The molecular formula is C28H31N5O2S2. The van der Waals surface area contributed by atoms with Crippen molar-refractivity contribution in [1.82, 2.24) is 19.7 Å². The fraction of sp³-hybridized carbons (Fsp3) is 0.286. The summed E-state index contributed by atoms with van der Waals surface area (Å²) in [6.45, 7) is 14.6. The first-order valence-corrected chi connectivity index (χ1v) is 13.8. The van der Waals surface area contributed by atoms with Gasteiger partial charge in [0.1, 0.15) is 5.75 Å². The minimum absolute atomic E-state index is 0.153. The Hall–Kier alpha value is -3.43. The zero-order valence-electron chi connectivity index (χ0n) is 21.7. The van der Waals surface area contributed by atoms with E-state index in [1.807, 2.05) is 48.9 Å². The number of anilines is 1. The monoisotopic (exact) mass is 533 g/mol. The number of hydrogen-bond donors (Lipinski definition) is 1. The van der Waals surface area contributed by atoms with Crippen LogP contribution < -0.4 is 10.1 Å². The molecule has 0 aliphatic rings. The van der Waals surface area contributed by atoms with Gasteiger partial charge in [0.15, 0.2) is 22.2 Å². The molecule has 0 aliphatic heterocycles. The van der Waals surface area contributed by atoms with Gasteiger partial charge in [-0.15, -0.1) is 28.1 Å². The van der Waals surface area contributed by atoms with Crippen molar-refractivity contribution in [2.24, 2.45) is 0 Å². The van der Waals surface area contributed by atoms with Crippen LogP contribution in [0.5, 0.6) is 5.75 Å². The molecule has 0 fully saturated rings. The number of amides is 1. The van der Waals surface area contributed by atoms with Gasteiger partial charge in [-0.3, -0.25) is 9.36 Å². The van der Waals surface area contributed by atoms with Gasteiger partial charge in [-0.2, -0.15) is 0 Å². The minimum atomic E-state index is -0.323. The largest absolute Gasteiger partial charge is 0.483 e. The van der Waals surface area contributed by atoms with E-state index in [0.717, 1.165) is 28.1 Å². The lowest BCUT2D eigenvalue weighted by Gasteiger charge is -2.16. The molecule has 1 N–H and O–H groups in total. The van der Waals surface area contributed by atoms with E-state index in [1.54, 1.807) is 6.08 Å². The highest BCUT2D eigenvalue weighted by molar-refractivity contribution is 7.99. The second kappa shape index (κ2) is 11.7. The Balaban J connectivity index is 1.40. The van der Waals surface area contributed by atoms with Crippen LogP contribution in [0.3, 0.4) is 0 Å². The van der Waals surface area contributed by atoms with Gasteiger partial charge in [0.25, 0.3) is 0 Å². The Morgan fingerprint density at radius 3 is 2.59 bits per heavy atom. The zero-order chi connectivity index (χ0) is 26.5. The summed E-state index contributed by atoms with van der Waals surface area (Å²) in [5.74, 6) is 1.50. The maximum atomic E-state index is 12.7. The lowest BCUT2D eigenvalue weighted by molar-refractivity contribution is -0.113. The molecule has 0 saturated heterocycles. The van der Waals surface area contributed by atoms with Gasteiger partial charge in [-0.05, 0) is 75.1 Å². The van der Waals surface area contributed by atoms with E-state index >= 15 is 0 Å². The van der Waals surface area contributed by atoms with Gasteiger partial charge in [0.2, 0.25) is 5.91 Å². The molecule has 4 aromatic rings. The normalized spacial score (nSPS) is 11.8. The number of allylic oxidation sites excluding steroid dienone is 1. The highest BCUT2D eigenvalue weighted by Gasteiger charge is 2.20. The molecule has 0 saturated carbocycles. The van der Waals surface area contributed by atoms with Crippen LogP contribution in [0.2, 0.25) is 0 Å². The number of carbonyl (C=O) groups excluding carboxylic acids is 1. The summed E-state index contributed by atoms with van der Waals surface area (Å²) in [6, 6.07) is 12.4. The van der Waals surface area contributed by atoms with E-state index in [2.05, 4.69) is 59.1 Å². The van der Waals surface area contributed by atoms with Gasteiger partial charge < -0.3 is 10.1 Å². The van der Waals surface area contributed by atoms with Crippen LogP contribution in [0.25, 0.3) is 11.3 Å². The first-order valence-electron chi connectivity index (χ1n) is 12.0. The van der Waals surface area contributed by atoms with E-state index in [0.29, 0.717) is 22.7 Å². The number of carbonyl (C=O) groups is 1. The third-order valence-electron chi connectivity index (χ3n) is 5.81. The highest BCUT2D eigenvalue weighted by atomic mass is 32.2. The zero-order valence-corrected chi connectivity index (χ0v) is 23.4. The van der Waals surface area contributed by atoms with Gasteiger partial charge >= 0.3 is 0 Å². The fourth-order valence-electron chi connectivity index (χ4n) is 3.92. The molecule has 2 aromatic heterocycles. The minimum Gasteiger partial charge on any atom is -0.483 e. The Morgan fingerprint density at radius 2 is 1.89 bits per heavy atom. The molecule has 2 heterocycles. The lowest BCUT2D eigenvalue weighted by atomic mass is 10.1. The number of aryl methyl sites for hydroxylation is 4. The maximum Gasteiger partial charge on any atom is 0.236 e. The van der Waals surface area contributed by atoms with Crippen LogP contribution in [0.15, 0.2) is 59.6 Å². The number of nitrogens with zero attached hydrogens (tertiary/aromatic N) is 4. The van der Waals surface area contributed by atoms with Gasteiger partial charge in [0.05, 0.1) is 11.4 Å². The molecule has 37 heavy (non-hydrogen) atoms. The second-order valence-electron chi connectivity index (χ2n) is 9.00. The van der Waals surface area contributed by atoms with Crippen LogP contribution in [-0.4, -0.2) is 31.4 Å². The van der Waals surface area contributed by atoms with Crippen molar-refractivity contribution < 1.29 is 9.53 Å². The van der Waals surface area contributed by atoms with E-state index in [9.17, 15) is 4.79 Å². The molecule has 9 heteroatoms. The van der Waals surface area contributed by atoms with E-state index < -0.39 is 0 Å². The van der Waals surface area contributed by atoms with Crippen LogP contribution in [0.4, 0.5) is 5.13 Å². The lowest BCUT2D eigenvalue weighted by Crippen LogP contribution is -2.15. The number of aromatic nitrogens is 4. The Labute approximate surface area is 226 Å². The second-order valence-corrected chi connectivity index (χ2v) is 10.8. The topological polar surface area (TPSA) is 81.9 Å². The summed E-state index contributed by atoms with van der Waals surface area (Å²) in [5.41, 5.74) is 6.62. The Morgan fingerprint density at radius 1 is 1.14 bits per heavy atom. The Bertz CT molecular complexity index is 1410. The van der Waals surface area contributed by atoms with Crippen molar-refractivity contribution in [3.8, 4) is 17.0 Å². The highest BCUT2D eigenvalue weighted by Crippen LogP contribution is 2.28. The summed E-state index contributed by atoms with van der Waals surface area (Å²) < 4.78 is 8.10. The average Bonchev–Trinajstić information content (AvgIpc) is 3.46. The molecule has 0 bridgehead atoms. The van der Waals surface area contributed by atoms with Crippen LogP contribution >= 0.6 is 23.1 Å². The smallest absolute Gasteiger partial charge is 0.236 e. The van der Waals surface area contributed by atoms with Crippen molar-refractivity contribution >= 4 is 34.1 Å². The number of thiazole rings is 1. The third-order valence-corrected chi connectivity index (χ3v) is 7.54. The molecule has 7 nitrogen and oxygen atoms in total. The van der Waals surface area contributed by atoms with E-state index in [4.69, 9.17) is 4.74 Å². The van der Waals surface area contributed by atoms with Gasteiger partial charge in [0, 0.05) is 17.5 Å². The number of rotatable bonds is 10. The van der Waals surface area contributed by atoms with Crippen molar-refractivity contribution in [3.63, 3.8) is 0 Å². The molecule has 0 radical (unpaired) electrons. The van der Waals surface area contributed by atoms with Crippen molar-refractivity contribution in [3.05, 3.63) is 82.5 Å². The first-order chi connectivity index (χ1) is 17.7. The molecular weight excluding hydrogens is 502 g/mol. The number of hydrogen-bond acceptors (Lipinski definition) is 7. The van der Waals surface area contributed by atoms with Gasteiger partial charge in [-0.25, -0.2) is 4.98 Å². The van der Waals surface area contributed by atoms with Crippen molar-refractivity contribution in [1.29, 1.82) is 0 Å². The van der Waals surface area contributed by atoms with E-state index in [-0.39, 0.29) is 17.8 Å². The summed E-state index contributed by atoms with van der Waals surface area (Å²) >= 11 is 2.73. The average molecular weight is 534 g/mol. The summed E-state index contributed by atoms with van der Waals surface area (Å²) in [4.78, 5) is 17.3. The number of benzene rings is 2. The first kappa shape index (κ1) is 26.6. The molecule has 0 spiro atoms. The standard InChI is InChI=1S/C28H31N5O2S2/c1-7-10-33-26(21(6)35-23-12-17(2)11-18(3)13-23)31-32-28(33)37-16-25(34)30-27-29-24(15-36-27)22-9-8-19(4)20(5)14-22/h7-9,11-15,21H,1,10,16H2,2-6H3,(H,29,30,34). The summed E-state index contributed by atoms with van der Waals surface area (Å²) in [6.07, 6.45) is 1.46. The van der Waals surface area contributed by atoms with Crippen molar-refractivity contribution in [2.45, 2.75) is 52.4 Å². The van der Waals surface area contributed by atoms with Crippen LogP contribution in [0.1, 0.15) is 41.1 Å². The summed E-state index contributed by atoms with van der Waals surface area (Å²) in [7, 11) is 0. The molecule has 0 aliphatic carbocycles. The molecule has 1 atom stereocenters. The number of ether oxygens (including phenoxy) is 1.